The van der Waals surface area contributed by atoms with Crippen molar-refractivity contribution in [2.75, 3.05) is 26.7 Å². The van der Waals surface area contributed by atoms with Gasteiger partial charge in [0.2, 0.25) is 0 Å². The lowest BCUT2D eigenvalue weighted by atomic mass is 10.1. The molecule has 1 aromatic rings. The highest BCUT2D eigenvalue weighted by atomic mass is 35.5. The maximum atomic E-state index is 5.92. The summed E-state index contributed by atoms with van der Waals surface area (Å²) in [6.07, 6.45) is 5.01. The molecule has 0 saturated carbocycles. The summed E-state index contributed by atoms with van der Waals surface area (Å²) in [5.41, 5.74) is 0. The molecule has 1 aliphatic rings. The molecule has 1 fully saturated rings. The molecule has 1 N–H and O–H groups in total. The minimum atomic E-state index is 0.704. The van der Waals surface area contributed by atoms with Crippen LogP contribution in [0.3, 0.4) is 0 Å². The van der Waals surface area contributed by atoms with Crippen molar-refractivity contribution < 1.29 is 0 Å². The monoisotopic (exact) mass is 272 g/mol. The Hall–Kier alpha value is -0.0900. The first-order chi connectivity index (χ1) is 8.24. The number of likely N-dealkylation sites (tertiary alicyclic amines) is 1. The van der Waals surface area contributed by atoms with E-state index in [0.717, 1.165) is 17.3 Å². The summed E-state index contributed by atoms with van der Waals surface area (Å²) in [6, 6.07) is 4.83. The highest BCUT2D eigenvalue weighted by Gasteiger charge is 2.13. The number of halogens is 1. The van der Waals surface area contributed by atoms with Crippen LogP contribution in [-0.2, 0) is 6.42 Å². The van der Waals surface area contributed by atoms with Crippen LogP contribution in [0.1, 0.15) is 24.1 Å². The van der Waals surface area contributed by atoms with E-state index in [1.807, 2.05) is 6.07 Å². The number of rotatable bonds is 4. The van der Waals surface area contributed by atoms with E-state index in [4.69, 9.17) is 11.6 Å². The van der Waals surface area contributed by atoms with E-state index in [1.54, 1.807) is 11.3 Å². The fourth-order valence-corrected chi connectivity index (χ4v) is 3.42. The van der Waals surface area contributed by atoms with Crippen LogP contribution in [0.15, 0.2) is 12.1 Å². The van der Waals surface area contributed by atoms with Gasteiger partial charge < -0.3 is 10.2 Å². The van der Waals surface area contributed by atoms with Gasteiger partial charge in [-0.3, -0.25) is 0 Å². The molecule has 2 heterocycles. The molecule has 0 aromatic carbocycles. The Labute approximate surface area is 113 Å². The van der Waals surface area contributed by atoms with Crippen molar-refractivity contribution in [3.05, 3.63) is 21.3 Å². The Bertz CT molecular complexity index is 340. The van der Waals surface area contributed by atoms with E-state index >= 15 is 0 Å². The van der Waals surface area contributed by atoms with Gasteiger partial charge in [0.15, 0.2) is 0 Å². The van der Waals surface area contributed by atoms with Gasteiger partial charge >= 0.3 is 0 Å². The van der Waals surface area contributed by atoms with Gasteiger partial charge in [0.1, 0.15) is 0 Å². The third-order valence-electron chi connectivity index (χ3n) is 3.38. The Balaban J connectivity index is 1.67. The highest BCUT2D eigenvalue weighted by molar-refractivity contribution is 7.16. The summed E-state index contributed by atoms with van der Waals surface area (Å²) in [4.78, 5) is 3.81. The molecule has 1 unspecified atom stereocenters. The van der Waals surface area contributed by atoms with Crippen molar-refractivity contribution in [3.63, 3.8) is 0 Å². The Morgan fingerprint density at radius 3 is 3.06 bits per heavy atom. The Morgan fingerprint density at radius 1 is 1.41 bits per heavy atom. The van der Waals surface area contributed by atoms with Crippen molar-refractivity contribution in [1.29, 1.82) is 0 Å². The van der Waals surface area contributed by atoms with Crippen molar-refractivity contribution in [1.82, 2.24) is 10.2 Å². The van der Waals surface area contributed by atoms with Gasteiger partial charge in [0.25, 0.3) is 0 Å². The average molecular weight is 273 g/mol. The van der Waals surface area contributed by atoms with E-state index in [9.17, 15) is 0 Å². The van der Waals surface area contributed by atoms with Crippen molar-refractivity contribution in [2.45, 2.75) is 31.7 Å². The molecule has 2 nitrogen and oxygen atoms in total. The summed E-state index contributed by atoms with van der Waals surface area (Å²) in [5.74, 6) is 0. The maximum absolute atomic E-state index is 5.92. The van der Waals surface area contributed by atoms with Gasteiger partial charge in [0, 0.05) is 17.5 Å². The van der Waals surface area contributed by atoms with Crippen LogP contribution in [0, 0.1) is 0 Å². The zero-order valence-corrected chi connectivity index (χ0v) is 12.0. The minimum absolute atomic E-state index is 0.704. The lowest BCUT2D eigenvalue weighted by Gasteiger charge is -2.16. The standard InChI is InChI=1S/C13H21ClN2S/c1-16-9-2-3-11(7-10-16)15-8-6-12-4-5-13(14)17-12/h4-5,11,15H,2-3,6-10H2,1H3. The molecular weight excluding hydrogens is 252 g/mol. The zero-order valence-electron chi connectivity index (χ0n) is 10.4. The normalized spacial score (nSPS) is 22.6. The quantitative estimate of drug-likeness (QED) is 0.906. The minimum Gasteiger partial charge on any atom is -0.314 e. The van der Waals surface area contributed by atoms with Crippen LogP contribution in [0.4, 0.5) is 0 Å². The Kier molecular flexibility index (Phi) is 5.29. The smallest absolute Gasteiger partial charge is 0.0931 e. The summed E-state index contributed by atoms with van der Waals surface area (Å²) >= 11 is 7.61. The van der Waals surface area contributed by atoms with Gasteiger partial charge in [-0.1, -0.05) is 11.6 Å². The lowest BCUT2D eigenvalue weighted by molar-refractivity contribution is 0.344. The molecule has 0 spiro atoms. The fourth-order valence-electron chi connectivity index (χ4n) is 2.33. The van der Waals surface area contributed by atoms with Crippen LogP contribution in [-0.4, -0.2) is 37.6 Å². The molecule has 96 valence electrons. The summed E-state index contributed by atoms with van der Waals surface area (Å²) in [6.45, 7) is 3.55. The van der Waals surface area contributed by atoms with E-state index < -0.39 is 0 Å². The number of nitrogens with zero attached hydrogens (tertiary/aromatic N) is 1. The molecular formula is C13H21ClN2S. The molecule has 0 aliphatic carbocycles. The second-order valence-electron chi connectivity index (χ2n) is 4.84. The molecule has 17 heavy (non-hydrogen) atoms. The van der Waals surface area contributed by atoms with Crippen molar-refractivity contribution >= 4 is 22.9 Å². The fraction of sp³-hybridized carbons (Fsp3) is 0.692. The van der Waals surface area contributed by atoms with Crippen LogP contribution < -0.4 is 5.32 Å². The first-order valence-corrected chi connectivity index (χ1v) is 7.59. The second-order valence-corrected chi connectivity index (χ2v) is 6.64. The molecule has 0 bridgehead atoms. The number of nitrogens with one attached hydrogen (secondary N) is 1. The summed E-state index contributed by atoms with van der Waals surface area (Å²) in [5, 5.41) is 3.68. The van der Waals surface area contributed by atoms with Gasteiger partial charge in [-0.05, 0) is 58.0 Å². The largest absolute Gasteiger partial charge is 0.314 e. The molecule has 0 radical (unpaired) electrons. The summed E-state index contributed by atoms with van der Waals surface area (Å²) in [7, 11) is 2.22. The topological polar surface area (TPSA) is 15.3 Å². The predicted molar refractivity (Wildman–Crippen MR) is 76.2 cm³/mol. The number of thiophene rings is 1. The molecule has 1 saturated heterocycles. The van der Waals surface area contributed by atoms with Crippen LogP contribution in [0.25, 0.3) is 0 Å². The molecule has 4 heteroatoms. The SMILES string of the molecule is CN1CCCC(NCCc2ccc(Cl)s2)CC1. The number of hydrogen-bond donors (Lipinski definition) is 1. The molecule has 1 aromatic heterocycles. The van der Waals surface area contributed by atoms with Crippen LogP contribution in [0.2, 0.25) is 4.34 Å². The Morgan fingerprint density at radius 2 is 2.29 bits per heavy atom. The lowest BCUT2D eigenvalue weighted by Crippen LogP contribution is -2.31. The van der Waals surface area contributed by atoms with Gasteiger partial charge in [0.05, 0.1) is 4.34 Å². The van der Waals surface area contributed by atoms with Crippen molar-refractivity contribution in [2.24, 2.45) is 0 Å². The molecule has 1 aliphatic heterocycles. The van der Waals surface area contributed by atoms with E-state index in [2.05, 4.69) is 23.3 Å². The van der Waals surface area contributed by atoms with E-state index in [-0.39, 0.29) is 0 Å². The average Bonchev–Trinajstić information content (AvgIpc) is 2.59. The first-order valence-electron chi connectivity index (χ1n) is 6.40. The van der Waals surface area contributed by atoms with E-state index in [0.29, 0.717) is 6.04 Å². The van der Waals surface area contributed by atoms with Gasteiger partial charge in [-0.25, -0.2) is 0 Å². The molecule has 1 atom stereocenters. The predicted octanol–water partition coefficient (Wildman–Crippen LogP) is 3.02. The maximum Gasteiger partial charge on any atom is 0.0931 e. The van der Waals surface area contributed by atoms with E-state index in [1.165, 1.54) is 37.2 Å². The third kappa shape index (κ3) is 4.59. The molecule has 2 rings (SSSR count). The number of hydrogen-bond acceptors (Lipinski definition) is 3. The second kappa shape index (κ2) is 6.74. The van der Waals surface area contributed by atoms with Crippen molar-refractivity contribution in [3.8, 4) is 0 Å². The van der Waals surface area contributed by atoms with Crippen LogP contribution >= 0.6 is 22.9 Å². The highest BCUT2D eigenvalue weighted by Crippen LogP contribution is 2.21. The third-order valence-corrected chi connectivity index (χ3v) is 4.68. The zero-order chi connectivity index (χ0) is 12.1. The first kappa shape index (κ1) is 13.3. The van der Waals surface area contributed by atoms with Crippen LogP contribution in [0.5, 0.6) is 0 Å². The molecule has 0 amide bonds. The van der Waals surface area contributed by atoms with Gasteiger partial charge in [-0.15, -0.1) is 11.3 Å². The summed E-state index contributed by atoms with van der Waals surface area (Å²) < 4.78 is 0.899. The van der Waals surface area contributed by atoms with Gasteiger partial charge in [-0.2, -0.15) is 0 Å².